The molecule has 1 aromatic rings. The largest absolute Gasteiger partial charge is 0.371 e. The average Bonchev–Trinajstić information content (AvgIpc) is 2.42. The quantitative estimate of drug-likeness (QED) is 0.598. The molecule has 0 aliphatic carbocycles. The normalized spacial score (nSPS) is 14.8. The van der Waals surface area contributed by atoms with E-state index in [1.54, 1.807) is 12.1 Å². The van der Waals surface area contributed by atoms with Crippen LogP contribution in [0.5, 0.6) is 0 Å². The third-order valence-corrected chi connectivity index (χ3v) is 2.75. The lowest BCUT2D eigenvalue weighted by Crippen LogP contribution is -2.33. The maximum Gasteiger partial charge on any atom is 0.269 e. The van der Waals surface area contributed by atoms with Gasteiger partial charge in [-0.1, -0.05) is 13.8 Å². The van der Waals surface area contributed by atoms with Crippen molar-refractivity contribution in [1.82, 2.24) is 0 Å². The number of nitro groups is 1. The molecule has 0 aromatic heterocycles. The molecule has 2 rings (SSSR count). The second-order valence-corrected chi connectivity index (χ2v) is 3.80. The average molecular weight is 250 g/mol. The number of hydrogen-bond acceptors (Lipinski definition) is 4. The predicted octanol–water partition coefficient (Wildman–Crippen LogP) is 2.79. The molecule has 1 fully saturated rings. The minimum atomic E-state index is -0.413. The second-order valence-electron chi connectivity index (χ2n) is 3.80. The maximum atomic E-state index is 11.1. The van der Waals surface area contributed by atoms with E-state index in [4.69, 9.17) is 0 Å². The zero-order valence-corrected chi connectivity index (χ0v) is 10.8. The molecule has 18 heavy (non-hydrogen) atoms. The number of hydrogen-bond donors (Lipinski definition) is 0. The molecule has 0 bridgehead atoms. The summed E-state index contributed by atoms with van der Waals surface area (Å²) in [5, 5.41) is 10.5. The number of nitrogens with zero attached hydrogens (tertiary/aromatic N) is 2. The Morgan fingerprint density at radius 2 is 1.61 bits per heavy atom. The molecule has 0 spiro atoms. The fourth-order valence-electron chi connectivity index (χ4n) is 1.80. The van der Waals surface area contributed by atoms with Gasteiger partial charge in [0.15, 0.2) is 0 Å². The minimum absolute atomic E-state index is 0.0943. The smallest absolute Gasteiger partial charge is 0.269 e. The van der Waals surface area contributed by atoms with Crippen LogP contribution in [-0.4, -0.2) is 23.8 Å². The van der Waals surface area contributed by atoms with Crippen LogP contribution in [0.3, 0.4) is 0 Å². The molecule has 1 aliphatic rings. The van der Waals surface area contributed by atoms with Gasteiger partial charge in [-0.3, -0.25) is 14.9 Å². The minimum Gasteiger partial charge on any atom is -0.371 e. The third-order valence-electron chi connectivity index (χ3n) is 2.75. The van der Waals surface area contributed by atoms with Gasteiger partial charge < -0.3 is 4.90 Å². The van der Waals surface area contributed by atoms with Crippen LogP contribution < -0.4 is 4.90 Å². The fourth-order valence-corrected chi connectivity index (χ4v) is 1.80. The molecule has 98 valence electrons. The maximum absolute atomic E-state index is 11.1. The number of carbonyl (C=O) groups excluding carboxylic acids is 1. The van der Waals surface area contributed by atoms with Gasteiger partial charge in [-0.25, -0.2) is 0 Å². The van der Waals surface area contributed by atoms with Crippen LogP contribution in [0.15, 0.2) is 24.3 Å². The Kier molecular flexibility index (Phi) is 5.30. The number of carbonyl (C=O) groups is 1. The number of benzene rings is 1. The highest BCUT2D eigenvalue weighted by Gasteiger charge is 2.16. The zero-order chi connectivity index (χ0) is 13.5. The van der Waals surface area contributed by atoms with E-state index in [0.29, 0.717) is 25.9 Å². The highest BCUT2D eigenvalue weighted by atomic mass is 16.6. The van der Waals surface area contributed by atoms with Crippen molar-refractivity contribution in [2.45, 2.75) is 26.7 Å². The standard InChI is InChI=1S/C11H12N2O3.C2H6/c14-11-5-7-12(8-6-11)9-1-3-10(4-2-9)13(15)16;1-2/h1-4H,5-8H2;1-2H3. The van der Waals surface area contributed by atoms with E-state index in [1.807, 2.05) is 13.8 Å². The SMILES string of the molecule is CC.O=C1CCN(c2ccc([N+](=O)[O-])cc2)CC1. The Balaban J connectivity index is 0.000000771. The number of Topliss-reactive ketones (excluding diaryl/α,β-unsaturated/α-hetero) is 1. The molecular weight excluding hydrogens is 232 g/mol. The lowest BCUT2D eigenvalue weighted by molar-refractivity contribution is -0.384. The van der Waals surface area contributed by atoms with Gasteiger partial charge >= 0.3 is 0 Å². The first-order valence-corrected chi connectivity index (χ1v) is 6.18. The molecule has 0 atom stereocenters. The van der Waals surface area contributed by atoms with Gasteiger partial charge in [-0.2, -0.15) is 0 Å². The first-order chi connectivity index (χ1) is 8.66. The molecule has 0 N–H and O–H groups in total. The van der Waals surface area contributed by atoms with Crippen molar-refractivity contribution in [3.8, 4) is 0 Å². The van der Waals surface area contributed by atoms with Gasteiger partial charge in [0.05, 0.1) is 4.92 Å². The summed E-state index contributed by atoms with van der Waals surface area (Å²) in [4.78, 5) is 23.2. The van der Waals surface area contributed by atoms with Crippen molar-refractivity contribution < 1.29 is 9.72 Å². The van der Waals surface area contributed by atoms with Crippen molar-refractivity contribution in [3.63, 3.8) is 0 Å². The van der Waals surface area contributed by atoms with E-state index < -0.39 is 4.92 Å². The first kappa shape index (κ1) is 14.2. The Bertz CT molecular complexity index is 405. The lowest BCUT2D eigenvalue weighted by atomic mass is 10.1. The molecule has 0 amide bonds. The number of non-ortho nitro benzene ring substituents is 1. The lowest BCUT2D eigenvalue weighted by Gasteiger charge is -2.27. The van der Waals surface area contributed by atoms with E-state index in [0.717, 1.165) is 5.69 Å². The number of nitro benzene ring substituents is 1. The summed E-state index contributed by atoms with van der Waals surface area (Å²) in [6.07, 6.45) is 1.13. The van der Waals surface area contributed by atoms with Crippen LogP contribution in [0.1, 0.15) is 26.7 Å². The monoisotopic (exact) mass is 250 g/mol. The molecular formula is C13H18N2O3. The second kappa shape index (κ2) is 6.74. The molecule has 1 aromatic carbocycles. The van der Waals surface area contributed by atoms with Crippen molar-refractivity contribution in [2.24, 2.45) is 0 Å². The molecule has 5 heteroatoms. The summed E-state index contributed by atoms with van der Waals surface area (Å²) >= 11 is 0. The van der Waals surface area contributed by atoms with E-state index in [-0.39, 0.29) is 11.5 Å². The van der Waals surface area contributed by atoms with Gasteiger partial charge in [-0.05, 0) is 12.1 Å². The van der Waals surface area contributed by atoms with Crippen LogP contribution in [0, 0.1) is 10.1 Å². The van der Waals surface area contributed by atoms with E-state index in [1.165, 1.54) is 12.1 Å². The highest BCUT2D eigenvalue weighted by molar-refractivity contribution is 5.81. The topological polar surface area (TPSA) is 63.5 Å². The van der Waals surface area contributed by atoms with Crippen molar-refractivity contribution >= 4 is 17.2 Å². The molecule has 1 aliphatic heterocycles. The summed E-state index contributed by atoms with van der Waals surface area (Å²) in [6, 6.07) is 6.44. The molecule has 1 heterocycles. The number of piperidine rings is 1. The summed E-state index contributed by atoms with van der Waals surface area (Å²) in [5.74, 6) is 0.290. The van der Waals surface area contributed by atoms with Gasteiger partial charge in [0.25, 0.3) is 5.69 Å². The highest BCUT2D eigenvalue weighted by Crippen LogP contribution is 2.21. The van der Waals surface area contributed by atoms with Gasteiger partial charge in [0.1, 0.15) is 5.78 Å². The summed E-state index contributed by atoms with van der Waals surface area (Å²) in [6.45, 7) is 5.41. The number of rotatable bonds is 2. The molecule has 0 saturated carbocycles. The Labute approximate surface area is 107 Å². The van der Waals surface area contributed by atoms with E-state index >= 15 is 0 Å². The number of anilines is 1. The van der Waals surface area contributed by atoms with Crippen LogP contribution in [0.2, 0.25) is 0 Å². The Morgan fingerprint density at radius 3 is 2.06 bits per heavy atom. The van der Waals surface area contributed by atoms with Gasteiger partial charge in [-0.15, -0.1) is 0 Å². The van der Waals surface area contributed by atoms with Crippen LogP contribution >= 0.6 is 0 Å². The van der Waals surface area contributed by atoms with Gasteiger partial charge in [0, 0.05) is 43.8 Å². The van der Waals surface area contributed by atoms with Crippen molar-refractivity contribution in [3.05, 3.63) is 34.4 Å². The molecule has 0 unspecified atom stereocenters. The Morgan fingerprint density at radius 1 is 1.11 bits per heavy atom. The fraction of sp³-hybridized carbons (Fsp3) is 0.462. The van der Waals surface area contributed by atoms with Gasteiger partial charge in [0.2, 0.25) is 0 Å². The first-order valence-electron chi connectivity index (χ1n) is 6.18. The third kappa shape index (κ3) is 3.55. The molecule has 5 nitrogen and oxygen atoms in total. The van der Waals surface area contributed by atoms with Crippen molar-refractivity contribution in [2.75, 3.05) is 18.0 Å². The zero-order valence-electron chi connectivity index (χ0n) is 10.8. The predicted molar refractivity (Wildman–Crippen MR) is 70.9 cm³/mol. The summed E-state index contributed by atoms with van der Waals surface area (Å²) < 4.78 is 0. The van der Waals surface area contributed by atoms with Crippen LogP contribution in [0.25, 0.3) is 0 Å². The number of ketones is 1. The van der Waals surface area contributed by atoms with E-state index in [2.05, 4.69) is 4.90 Å². The van der Waals surface area contributed by atoms with Crippen molar-refractivity contribution in [1.29, 1.82) is 0 Å². The Hall–Kier alpha value is -1.91. The molecule has 0 radical (unpaired) electrons. The molecule has 1 saturated heterocycles. The van der Waals surface area contributed by atoms with E-state index in [9.17, 15) is 14.9 Å². The van der Waals surface area contributed by atoms with Crippen LogP contribution in [-0.2, 0) is 4.79 Å². The summed E-state index contributed by atoms with van der Waals surface area (Å²) in [7, 11) is 0. The van der Waals surface area contributed by atoms with Crippen LogP contribution in [0.4, 0.5) is 11.4 Å². The summed E-state index contributed by atoms with van der Waals surface area (Å²) in [5.41, 5.74) is 1.04.